The van der Waals surface area contributed by atoms with E-state index in [9.17, 15) is 9.46 Å². The summed E-state index contributed by atoms with van der Waals surface area (Å²) in [4.78, 5) is 9.59. The Morgan fingerprint density at radius 1 is 1.38 bits per heavy atom. The normalized spacial score (nSPS) is 15.8. The summed E-state index contributed by atoms with van der Waals surface area (Å²) in [6, 6.07) is 8.69. The lowest BCUT2D eigenvalue weighted by Crippen LogP contribution is -2.00. The highest BCUT2D eigenvalue weighted by Crippen LogP contribution is 2.40. The molecule has 0 aliphatic heterocycles. The molecule has 1 aromatic carbocycles. The van der Waals surface area contributed by atoms with Crippen LogP contribution in [-0.2, 0) is 4.57 Å². The summed E-state index contributed by atoms with van der Waals surface area (Å²) in [6.07, 6.45) is 2.49. The highest BCUT2D eigenvalue weighted by atomic mass is 31.2. The molecule has 1 unspecified atom stereocenters. The molecule has 0 aromatic heterocycles. The van der Waals surface area contributed by atoms with Crippen LogP contribution in [0.2, 0.25) is 0 Å². The van der Waals surface area contributed by atoms with Crippen molar-refractivity contribution in [2.24, 2.45) is 0 Å². The van der Waals surface area contributed by atoms with E-state index >= 15 is 0 Å². The third-order valence-corrected chi connectivity index (χ3v) is 3.32. The first-order chi connectivity index (χ1) is 6.17. The summed E-state index contributed by atoms with van der Waals surface area (Å²) < 4.78 is 11.6. The highest BCUT2D eigenvalue weighted by molar-refractivity contribution is 7.69. The molecular formula is C10H13O2P. The van der Waals surface area contributed by atoms with Gasteiger partial charge in [0, 0.05) is 11.1 Å². The predicted molar refractivity (Wildman–Crippen MR) is 55.3 cm³/mol. The van der Waals surface area contributed by atoms with E-state index in [2.05, 4.69) is 0 Å². The SMILES string of the molecule is CCC=CP(=O)(O)c1ccccc1. The summed E-state index contributed by atoms with van der Waals surface area (Å²) in [5.74, 6) is 1.39. The van der Waals surface area contributed by atoms with Gasteiger partial charge in [-0.05, 0) is 18.6 Å². The quantitative estimate of drug-likeness (QED) is 0.754. The average molecular weight is 196 g/mol. The highest BCUT2D eigenvalue weighted by Gasteiger charge is 2.15. The second kappa shape index (κ2) is 4.40. The summed E-state index contributed by atoms with van der Waals surface area (Å²) in [5.41, 5.74) is 0. The van der Waals surface area contributed by atoms with Gasteiger partial charge in [-0.3, -0.25) is 4.57 Å². The van der Waals surface area contributed by atoms with Gasteiger partial charge < -0.3 is 4.89 Å². The van der Waals surface area contributed by atoms with Gasteiger partial charge in [-0.2, -0.15) is 0 Å². The third kappa shape index (κ3) is 2.83. The molecular weight excluding hydrogens is 183 g/mol. The number of hydrogen-bond acceptors (Lipinski definition) is 1. The van der Waals surface area contributed by atoms with Crippen molar-refractivity contribution in [2.75, 3.05) is 0 Å². The maximum atomic E-state index is 11.6. The Balaban J connectivity index is 2.95. The van der Waals surface area contributed by atoms with Crippen molar-refractivity contribution in [3.63, 3.8) is 0 Å². The van der Waals surface area contributed by atoms with Crippen molar-refractivity contribution in [3.05, 3.63) is 42.2 Å². The first kappa shape index (κ1) is 10.2. The number of allylic oxidation sites excluding steroid dienone is 1. The average Bonchev–Trinajstić information content (AvgIpc) is 2.16. The largest absolute Gasteiger partial charge is 0.338 e. The topological polar surface area (TPSA) is 37.3 Å². The Morgan fingerprint density at radius 3 is 2.54 bits per heavy atom. The van der Waals surface area contributed by atoms with Crippen molar-refractivity contribution in [2.45, 2.75) is 13.3 Å². The lowest BCUT2D eigenvalue weighted by atomic mass is 10.4. The van der Waals surface area contributed by atoms with E-state index in [0.29, 0.717) is 5.30 Å². The Kier molecular flexibility index (Phi) is 3.47. The van der Waals surface area contributed by atoms with Crippen LogP contribution >= 0.6 is 7.37 Å². The van der Waals surface area contributed by atoms with Crippen LogP contribution in [0, 0.1) is 0 Å². The van der Waals surface area contributed by atoms with Crippen molar-refractivity contribution in [3.8, 4) is 0 Å². The van der Waals surface area contributed by atoms with Crippen LogP contribution in [-0.4, -0.2) is 4.89 Å². The number of rotatable bonds is 3. The molecule has 1 aromatic rings. The van der Waals surface area contributed by atoms with Gasteiger partial charge in [0.05, 0.1) is 0 Å². The fraction of sp³-hybridized carbons (Fsp3) is 0.200. The van der Waals surface area contributed by atoms with Crippen molar-refractivity contribution in [1.82, 2.24) is 0 Å². The van der Waals surface area contributed by atoms with Gasteiger partial charge in [0.15, 0.2) is 0 Å². The maximum Gasteiger partial charge on any atom is 0.251 e. The van der Waals surface area contributed by atoms with Gasteiger partial charge in [0.2, 0.25) is 0 Å². The smallest absolute Gasteiger partial charge is 0.251 e. The van der Waals surface area contributed by atoms with Gasteiger partial charge >= 0.3 is 0 Å². The molecule has 1 N–H and O–H groups in total. The second-order valence-electron chi connectivity index (χ2n) is 2.75. The first-order valence-electron chi connectivity index (χ1n) is 4.22. The molecule has 1 rings (SSSR count). The Hall–Kier alpha value is -0.850. The molecule has 1 atom stereocenters. The van der Waals surface area contributed by atoms with Crippen LogP contribution in [0.4, 0.5) is 0 Å². The molecule has 0 aliphatic rings. The Labute approximate surface area is 78.4 Å². The van der Waals surface area contributed by atoms with Crippen LogP contribution in [0.1, 0.15) is 13.3 Å². The third-order valence-electron chi connectivity index (χ3n) is 1.67. The van der Waals surface area contributed by atoms with E-state index in [0.717, 1.165) is 6.42 Å². The fourth-order valence-electron chi connectivity index (χ4n) is 0.976. The zero-order chi connectivity index (χ0) is 9.73. The Bertz CT molecular complexity index is 330. The van der Waals surface area contributed by atoms with E-state index < -0.39 is 7.37 Å². The fourth-order valence-corrected chi connectivity index (χ4v) is 2.24. The molecule has 0 radical (unpaired) electrons. The summed E-state index contributed by atoms with van der Waals surface area (Å²) in [7, 11) is -3.24. The molecule has 2 nitrogen and oxygen atoms in total. The minimum atomic E-state index is -3.24. The Morgan fingerprint density at radius 2 is 2.00 bits per heavy atom. The monoisotopic (exact) mass is 196 g/mol. The molecule has 0 heterocycles. The molecule has 0 bridgehead atoms. The van der Waals surface area contributed by atoms with Crippen LogP contribution < -0.4 is 5.30 Å². The molecule has 0 spiro atoms. The van der Waals surface area contributed by atoms with Gasteiger partial charge in [-0.15, -0.1) is 0 Å². The number of hydrogen-bond donors (Lipinski definition) is 1. The molecule has 0 saturated carbocycles. The maximum absolute atomic E-state index is 11.6. The summed E-state index contributed by atoms with van der Waals surface area (Å²) in [6.45, 7) is 1.93. The standard InChI is InChI=1S/C10H13O2P/c1-2-3-9-13(11,12)10-7-5-4-6-8-10/h3-9H,2H2,1H3,(H,11,12). The predicted octanol–water partition coefficient (Wildman–Crippen LogP) is 2.51. The minimum absolute atomic E-state index is 0.486. The zero-order valence-electron chi connectivity index (χ0n) is 7.55. The van der Waals surface area contributed by atoms with Crippen LogP contribution in [0.5, 0.6) is 0 Å². The molecule has 0 fully saturated rings. The lowest BCUT2D eigenvalue weighted by molar-refractivity contribution is 0.500. The van der Waals surface area contributed by atoms with E-state index in [1.54, 1.807) is 30.3 Å². The molecule has 70 valence electrons. The van der Waals surface area contributed by atoms with Crippen LogP contribution in [0.3, 0.4) is 0 Å². The van der Waals surface area contributed by atoms with E-state index in [1.807, 2.05) is 13.0 Å². The van der Waals surface area contributed by atoms with Crippen molar-refractivity contribution in [1.29, 1.82) is 0 Å². The van der Waals surface area contributed by atoms with Gasteiger partial charge in [-0.25, -0.2) is 0 Å². The van der Waals surface area contributed by atoms with Gasteiger partial charge in [0.1, 0.15) is 0 Å². The lowest BCUT2D eigenvalue weighted by Gasteiger charge is -2.05. The minimum Gasteiger partial charge on any atom is -0.338 e. The molecule has 3 heteroatoms. The van der Waals surface area contributed by atoms with E-state index in [1.165, 1.54) is 5.82 Å². The van der Waals surface area contributed by atoms with E-state index in [-0.39, 0.29) is 0 Å². The first-order valence-corrected chi connectivity index (χ1v) is 5.95. The molecule has 0 amide bonds. The van der Waals surface area contributed by atoms with Crippen LogP contribution in [0.15, 0.2) is 42.2 Å². The summed E-state index contributed by atoms with van der Waals surface area (Å²) in [5, 5.41) is 0.486. The second-order valence-corrected chi connectivity index (χ2v) is 4.81. The number of benzene rings is 1. The molecule has 0 saturated heterocycles. The molecule has 0 aliphatic carbocycles. The van der Waals surface area contributed by atoms with Gasteiger partial charge in [0.25, 0.3) is 7.37 Å². The summed E-state index contributed by atoms with van der Waals surface area (Å²) >= 11 is 0. The van der Waals surface area contributed by atoms with E-state index in [4.69, 9.17) is 0 Å². The van der Waals surface area contributed by atoms with Crippen LogP contribution in [0.25, 0.3) is 0 Å². The van der Waals surface area contributed by atoms with Gasteiger partial charge in [-0.1, -0.05) is 31.2 Å². The molecule has 13 heavy (non-hydrogen) atoms. The van der Waals surface area contributed by atoms with Crippen molar-refractivity contribution < 1.29 is 9.46 Å². The zero-order valence-corrected chi connectivity index (χ0v) is 8.45. The van der Waals surface area contributed by atoms with Crippen molar-refractivity contribution >= 4 is 12.7 Å².